The standard InChI is InChI=1S/C14H24N4OS/c1-12(18-9-7-17(2)8-10-18)14(19)16-5-3-4-13-15-6-11-20-13/h6,11-12H,3-5,7-10H2,1-2H3,(H,16,19). The number of rotatable bonds is 6. The van der Waals surface area contributed by atoms with Crippen LogP contribution in [0.4, 0.5) is 0 Å². The van der Waals surface area contributed by atoms with Gasteiger partial charge in [-0.3, -0.25) is 9.69 Å². The highest BCUT2D eigenvalue weighted by molar-refractivity contribution is 7.09. The number of hydrogen-bond donors (Lipinski definition) is 1. The minimum Gasteiger partial charge on any atom is -0.355 e. The molecule has 1 N–H and O–H groups in total. The minimum absolute atomic E-state index is 0.0245. The average molecular weight is 296 g/mol. The van der Waals surface area contributed by atoms with Gasteiger partial charge in [-0.2, -0.15) is 0 Å². The van der Waals surface area contributed by atoms with Crippen LogP contribution in [0, 0.1) is 0 Å². The van der Waals surface area contributed by atoms with Crippen molar-refractivity contribution in [2.75, 3.05) is 39.8 Å². The van der Waals surface area contributed by atoms with Crippen LogP contribution >= 0.6 is 11.3 Å². The maximum absolute atomic E-state index is 12.1. The van der Waals surface area contributed by atoms with E-state index in [4.69, 9.17) is 0 Å². The summed E-state index contributed by atoms with van der Waals surface area (Å²) in [7, 11) is 2.13. The Morgan fingerprint density at radius 2 is 2.20 bits per heavy atom. The van der Waals surface area contributed by atoms with Crippen LogP contribution in [0.1, 0.15) is 18.4 Å². The molecule has 0 aliphatic carbocycles. The average Bonchev–Trinajstić information content (AvgIpc) is 2.96. The van der Waals surface area contributed by atoms with Gasteiger partial charge in [0.25, 0.3) is 0 Å². The van der Waals surface area contributed by atoms with Crippen LogP contribution in [0.15, 0.2) is 11.6 Å². The van der Waals surface area contributed by atoms with Gasteiger partial charge in [0.2, 0.25) is 5.91 Å². The van der Waals surface area contributed by atoms with Crippen LogP contribution in [0.2, 0.25) is 0 Å². The van der Waals surface area contributed by atoms with Gasteiger partial charge < -0.3 is 10.2 Å². The number of hydrogen-bond acceptors (Lipinski definition) is 5. The molecule has 2 heterocycles. The van der Waals surface area contributed by atoms with Crippen molar-refractivity contribution >= 4 is 17.2 Å². The van der Waals surface area contributed by atoms with Gasteiger partial charge in [-0.1, -0.05) is 0 Å². The zero-order valence-electron chi connectivity index (χ0n) is 12.3. The molecule has 0 bridgehead atoms. The van der Waals surface area contributed by atoms with E-state index >= 15 is 0 Å². The van der Waals surface area contributed by atoms with E-state index in [-0.39, 0.29) is 11.9 Å². The number of nitrogens with zero attached hydrogens (tertiary/aromatic N) is 3. The number of amides is 1. The van der Waals surface area contributed by atoms with Crippen molar-refractivity contribution in [2.24, 2.45) is 0 Å². The maximum Gasteiger partial charge on any atom is 0.237 e. The zero-order chi connectivity index (χ0) is 14.4. The molecule has 112 valence electrons. The van der Waals surface area contributed by atoms with Crippen LogP contribution in [-0.4, -0.2) is 66.5 Å². The number of carbonyl (C=O) groups excluding carboxylic acids is 1. The summed E-state index contributed by atoms with van der Waals surface area (Å²) in [5.74, 6) is 0.147. The Hall–Kier alpha value is -0.980. The lowest BCUT2D eigenvalue weighted by Crippen LogP contribution is -2.53. The van der Waals surface area contributed by atoms with Crippen LogP contribution in [-0.2, 0) is 11.2 Å². The molecule has 1 fully saturated rings. The topological polar surface area (TPSA) is 48.5 Å². The summed E-state index contributed by atoms with van der Waals surface area (Å²) < 4.78 is 0. The number of piperazine rings is 1. The quantitative estimate of drug-likeness (QED) is 0.790. The largest absolute Gasteiger partial charge is 0.355 e. The molecule has 0 radical (unpaired) electrons. The smallest absolute Gasteiger partial charge is 0.237 e. The van der Waals surface area contributed by atoms with Crippen molar-refractivity contribution in [3.8, 4) is 0 Å². The Balaban J connectivity index is 1.63. The van der Waals surface area contributed by atoms with E-state index in [2.05, 4.69) is 27.1 Å². The lowest BCUT2D eigenvalue weighted by atomic mass is 10.2. The van der Waals surface area contributed by atoms with Crippen LogP contribution in [0.5, 0.6) is 0 Å². The Labute approximate surface area is 125 Å². The van der Waals surface area contributed by atoms with Crippen LogP contribution in [0.3, 0.4) is 0 Å². The third kappa shape index (κ3) is 4.54. The Bertz CT molecular complexity index is 401. The summed E-state index contributed by atoms with van der Waals surface area (Å²) in [5, 5.41) is 6.17. The summed E-state index contributed by atoms with van der Waals surface area (Å²) in [4.78, 5) is 20.9. The minimum atomic E-state index is -0.0245. The van der Waals surface area contributed by atoms with Gasteiger partial charge in [0.15, 0.2) is 0 Å². The number of carbonyl (C=O) groups is 1. The van der Waals surface area contributed by atoms with E-state index in [1.807, 2.05) is 18.5 Å². The zero-order valence-corrected chi connectivity index (χ0v) is 13.2. The Morgan fingerprint density at radius 3 is 2.85 bits per heavy atom. The van der Waals surface area contributed by atoms with Crippen molar-refractivity contribution < 1.29 is 4.79 Å². The summed E-state index contributed by atoms with van der Waals surface area (Å²) in [5.41, 5.74) is 0. The number of likely N-dealkylation sites (N-methyl/N-ethyl adjacent to an activating group) is 1. The molecule has 5 nitrogen and oxygen atoms in total. The first-order chi connectivity index (χ1) is 9.66. The molecular weight excluding hydrogens is 272 g/mol. The predicted molar refractivity (Wildman–Crippen MR) is 82.0 cm³/mol. The molecule has 1 saturated heterocycles. The molecule has 1 aromatic rings. The monoisotopic (exact) mass is 296 g/mol. The molecule has 1 amide bonds. The van der Waals surface area contributed by atoms with Crippen molar-refractivity contribution in [3.63, 3.8) is 0 Å². The molecule has 0 aromatic carbocycles. The number of nitrogens with one attached hydrogen (secondary N) is 1. The fraction of sp³-hybridized carbons (Fsp3) is 0.714. The van der Waals surface area contributed by atoms with E-state index in [1.54, 1.807) is 11.3 Å². The van der Waals surface area contributed by atoms with E-state index in [9.17, 15) is 4.79 Å². The molecule has 0 saturated carbocycles. The predicted octanol–water partition coefficient (Wildman–Crippen LogP) is 0.828. The Kier molecular flexibility index (Phi) is 5.94. The molecule has 0 spiro atoms. The van der Waals surface area contributed by atoms with Crippen molar-refractivity contribution in [1.29, 1.82) is 0 Å². The first kappa shape index (κ1) is 15.4. The summed E-state index contributed by atoms with van der Waals surface area (Å²) in [6.45, 7) is 6.77. The molecule has 6 heteroatoms. The fourth-order valence-corrected chi connectivity index (χ4v) is 3.01. The van der Waals surface area contributed by atoms with E-state index in [0.717, 1.165) is 50.6 Å². The van der Waals surface area contributed by atoms with Crippen LogP contribution in [0.25, 0.3) is 0 Å². The number of aromatic nitrogens is 1. The normalized spacial score (nSPS) is 18.9. The van der Waals surface area contributed by atoms with Gasteiger partial charge in [0.1, 0.15) is 0 Å². The summed E-state index contributed by atoms with van der Waals surface area (Å²) in [6, 6.07) is -0.0245. The summed E-state index contributed by atoms with van der Waals surface area (Å²) >= 11 is 1.67. The van der Waals surface area contributed by atoms with E-state index < -0.39 is 0 Å². The highest BCUT2D eigenvalue weighted by Gasteiger charge is 2.23. The molecule has 1 aliphatic rings. The second kappa shape index (κ2) is 7.71. The van der Waals surface area contributed by atoms with E-state index in [0.29, 0.717) is 0 Å². The highest BCUT2D eigenvalue weighted by atomic mass is 32.1. The third-order valence-electron chi connectivity index (χ3n) is 3.82. The van der Waals surface area contributed by atoms with Crippen molar-refractivity contribution in [1.82, 2.24) is 20.1 Å². The molecule has 1 atom stereocenters. The molecular formula is C14H24N4OS. The maximum atomic E-state index is 12.1. The lowest BCUT2D eigenvalue weighted by molar-refractivity contribution is -0.126. The van der Waals surface area contributed by atoms with Gasteiger partial charge in [0.05, 0.1) is 11.0 Å². The third-order valence-corrected chi connectivity index (χ3v) is 4.65. The molecule has 2 rings (SSSR count). The van der Waals surface area contributed by atoms with Gasteiger partial charge in [0, 0.05) is 50.7 Å². The first-order valence-corrected chi connectivity index (χ1v) is 8.13. The SMILES string of the molecule is CC(C(=O)NCCCc1nccs1)N1CCN(C)CC1. The number of aryl methyl sites for hydroxylation is 1. The molecule has 20 heavy (non-hydrogen) atoms. The second-order valence-electron chi connectivity index (χ2n) is 5.34. The molecule has 1 unspecified atom stereocenters. The van der Waals surface area contributed by atoms with Gasteiger partial charge >= 0.3 is 0 Å². The molecule has 1 aliphatic heterocycles. The van der Waals surface area contributed by atoms with Crippen molar-refractivity contribution in [2.45, 2.75) is 25.8 Å². The fourth-order valence-electron chi connectivity index (χ4n) is 2.35. The highest BCUT2D eigenvalue weighted by Crippen LogP contribution is 2.07. The Morgan fingerprint density at radius 1 is 1.45 bits per heavy atom. The van der Waals surface area contributed by atoms with Crippen molar-refractivity contribution in [3.05, 3.63) is 16.6 Å². The first-order valence-electron chi connectivity index (χ1n) is 7.25. The van der Waals surface area contributed by atoms with Crippen LogP contribution < -0.4 is 5.32 Å². The summed E-state index contributed by atoms with van der Waals surface area (Å²) in [6.07, 6.45) is 3.73. The lowest BCUT2D eigenvalue weighted by Gasteiger charge is -2.35. The van der Waals surface area contributed by atoms with Gasteiger partial charge in [-0.15, -0.1) is 11.3 Å². The van der Waals surface area contributed by atoms with E-state index in [1.165, 1.54) is 0 Å². The van der Waals surface area contributed by atoms with Gasteiger partial charge in [-0.05, 0) is 20.4 Å². The van der Waals surface area contributed by atoms with Gasteiger partial charge in [-0.25, -0.2) is 4.98 Å². The molecule has 1 aromatic heterocycles. The number of thiazole rings is 1. The second-order valence-corrected chi connectivity index (χ2v) is 6.31.